The zero-order chi connectivity index (χ0) is 9.73. The summed E-state index contributed by atoms with van der Waals surface area (Å²) >= 11 is 0. The highest BCUT2D eigenvalue weighted by Gasteiger charge is 2.46. The lowest BCUT2D eigenvalue weighted by Crippen LogP contribution is -2.66. The van der Waals surface area contributed by atoms with Crippen molar-refractivity contribution in [3.05, 3.63) is 12.7 Å². The molecule has 0 aromatic carbocycles. The Labute approximate surface area is 77.9 Å². The molecular weight excluding hydrogens is 170 g/mol. The monoisotopic (exact) mass is 185 g/mol. The highest BCUT2D eigenvalue weighted by atomic mass is 16.6. The molecule has 1 aliphatic rings. The molecule has 0 unspecified atom stereocenters. The fourth-order valence-electron chi connectivity index (χ4n) is 1.14. The standard InChI is InChI=1S/C9H15NO3/c1-3-5-10-9(6-12-7-9)8(11)13-4-2/h3,10H,1,4-7H2,2H3. The maximum Gasteiger partial charge on any atom is 0.331 e. The Bertz CT molecular complexity index is 199. The first kappa shape index (κ1) is 10.2. The van der Waals surface area contributed by atoms with Crippen molar-refractivity contribution < 1.29 is 14.3 Å². The summed E-state index contributed by atoms with van der Waals surface area (Å²) in [5.74, 6) is -0.233. The number of carbonyl (C=O) groups excluding carboxylic acids is 1. The zero-order valence-corrected chi connectivity index (χ0v) is 7.84. The molecule has 0 bridgehead atoms. The van der Waals surface area contributed by atoms with E-state index in [9.17, 15) is 4.79 Å². The summed E-state index contributed by atoms with van der Waals surface area (Å²) in [6.45, 7) is 7.12. The van der Waals surface area contributed by atoms with Crippen molar-refractivity contribution >= 4 is 5.97 Å². The zero-order valence-electron chi connectivity index (χ0n) is 7.84. The molecule has 1 fully saturated rings. The van der Waals surface area contributed by atoms with Crippen LogP contribution in [0.5, 0.6) is 0 Å². The fourth-order valence-corrected chi connectivity index (χ4v) is 1.14. The van der Waals surface area contributed by atoms with E-state index in [1.165, 1.54) is 0 Å². The molecule has 0 saturated carbocycles. The molecule has 1 rings (SSSR count). The number of rotatable bonds is 5. The third-order valence-corrected chi connectivity index (χ3v) is 1.95. The lowest BCUT2D eigenvalue weighted by atomic mass is 9.98. The lowest BCUT2D eigenvalue weighted by Gasteiger charge is -2.39. The number of ether oxygens (including phenoxy) is 2. The molecule has 1 N–H and O–H groups in total. The third-order valence-electron chi connectivity index (χ3n) is 1.95. The van der Waals surface area contributed by atoms with Crippen LogP contribution < -0.4 is 5.32 Å². The molecule has 0 spiro atoms. The van der Waals surface area contributed by atoms with Gasteiger partial charge in [-0.3, -0.25) is 5.32 Å². The van der Waals surface area contributed by atoms with Crippen molar-refractivity contribution in [1.29, 1.82) is 0 Å². The van der Waals surface area contributed by atoms with Gasteiger partial charge in [0.05, 0.1) is 19.8 Å². The lowest BCUT2D eigenvalue weighted by molar-refractivity contribution is -0.171. The Hall–Kier alpha value is -0.870. The summed E-state index contributed by atoms with van der Waals surface area (Å²) in [6.07, 6.45) is 1.71. The second kappa shape index (κ2) is 4.39. The van der Waals surface area contributed by atoms with E-state index in [0.29, 0.717) is 26.4 Å². The summed E-state index contributed by atoms with van der Waals surface area (Å²) in [6, 6.07) is 0. The maximum absolute atomic E-state index is 11.5. The summed E-state index contributed by atoms with van der Waals surface area (Å²) in [5.41, 5.74) is -0.621. The van der Waals surface area contributed by atoms with Crippen molar-refractivity contribution in [2.24, 2.45) is 0 Å². The van der Waals surface area contributed by atoms with Crippen molar-refractivity contribution in [3.63, 3.8) is 0 Å². The third kappa shape index (κ3) is 2.08. The molecule has 1 heterocycles. The molecule has 0 aliphatic carbocycles. The molecule has 74 valence electrons. The minimum atomic E-state index is -0.621. The normalized spacial score (nSPS) is 18.8. The van der Waals surface area contributed by atoms with Crippen LogP contribution in [-0.4, -0.2) is 37.9 Å². The van der Waals surface area contributed by atoms with Crippen LogP contribution in [-0.2, 0) is 14.3 Å². The Morgan fingerprint density at radius 2 is 2.46 bits per heavy atom. The van der Waals surface area contributed by atoms with Crippen molar-refractivity contribution in [2.75, 3.05) is 26.4 Å². The van der Waals surface area contributed by atoms with Crippen molar-refractivity contribution in [1.82, 2.24) is 5.32 Å². The second-order valence-electron chi connectivity index (χ2n) is 2.96. The van der Waals surface area contributed by atoms with Gasteiger partial charge in [-0.25, -0.2) is 4.79 Å². The summed E-state index contributed by atoms with van der Waals surface area (Å²) < 4.78 is 9.94. The number of esters is 1. The van der Waals surface area contributed by atoms with Crippen LogP contribution in [0.25, 0.3) is 0 Å². The average Bonchev–Trinajstić information content (AvgIpc) is 2.03. The van der Waals surface area contributed by atoms with Gasteiger partial charge >= 0.3 is 5.97 Å². The molecule has 4 heteroatoms. The topological polar surface area (TPSA) is 47.6 Å². The van der Waals surface area contributed by atoms with Gasteiger partial charge < -0.3 is 9.47 Å². The van der Waals surface area contributed by atoms with Gasteiger partial charge in [-0.05, 0) is 6.92 Å². The van der Waals surface area contributed by atoms with Crippen LogP contribution in [0.4, 0.5) is 0 Å². The fraction of sp³-hybridized carbons (Fsp3) is 0.667. The van der Waals surface area contributed by atoms with Gasteiger partial charge in [0, 0.05) is 6.54 Å². The van der Waals surface area contributed by atoms with Crippen LogP contribution in [0.2, 0.25) is 0 Å². The Balaban J connectivity index is 2.47. The Morgan fingerprint density at radius 1 is 1.77 bits per heavy atom. The number of hydrogen-bond donors (Lipinski definition) is 1. The highest BCUT2D eigenvalue weighted by molar-refractivity contribution is 5.82. The first-order valence-electron chi connectivity index (χ1n) is 4.36. The molecule has 1 aliphatic heterocycles. The summed E-state index contributed by atoms with van der Waals surface area (Å²) in [4.78, 5) is 11.5. The van der Waals surface area contributed by atoms with E-state index in [1.807, 2.05) is 0 Å². The second-order valence-corrected chi connectivity index (χ2v) is 2.96. The molecule has 0 radical (unpaired) electrons. The number of hydrogen-bond acceptors (Lipinski definition) is 4. The molecule has 0 aromatic heterocycles. The molecule has 13 heavy (non-hydrogen) atoms. The first-order chi connectivity index (χ1) is 6.25. The maximum atomic E-state index is 11.5. The van der Waals surface area contributed by atoms with E-state index in [2.05, 4.69) is 11.9 Å². The number of carbonyl (C=O) groups is 1. The molecular formula is C9H15NO3. The average molecular weight is 185 g/mol. The van der Waals surface area contributed by atoms with Crippen molar-refractivity contribution in [3.8, 4) is 0 Å². The molecule has 1 saturated heterocycles. The predicted molar refractivity (Wildman–Crippen MR) is 48.4 cm³/mol. The van der Waals surface area contributed by atoms with Gasteiger partial charge in [-0.2, -0.15) is 0 Å². The van der Waals surface area contributed by atoms with Gasteiger partial charge in [0.1, 0.15) is 0 Å². The van der Waals surface area contributed by atoms with E-state index < -0.39 is 5.54 Å². The summed E-state index contributed by atoms with van der Waals surface area (Å²) in [5, 5.41) is 3.05. The Morgan fingerprint density at radius 3 is 2.85 bits per heavy atom. The smallest absolute Gasteiger partial charge is 0.331 e. The van der Waals surface area contributed by atoms with Gasteiger partial charge in [-0.15, -0.1) is 6.58 Å². The van der Waals surface area contributed by atoms with E-state index >= 15 is 0 Å². The highest BCUT2D eigenvalue weighted by Crippen LogP contribution is 2.18. The van der Waals surface area contributed by atoms with Crippen LogP contribution in [0.15, 0.2) is 12.7 Å². The summed E-state index contributed by atoms with van der Waals surface area (Å²) in [7, 11) is 0. The van der Waals surface area contributed by atoms with Gasteiger partial charge in [-0.1, -0.05) is 6.08 Å². The number of nitrogens with one attached hydrogen (secondary N) is 1. The molecule has 0 atom stereocenters. The van der Waals surface area contributed by atoms with Crippen LogP contribution >= 0.6 is 0 Å². The Kier molecular flexibility index (Phi) is 3.45. The van der Waals surface area contributed by atoms with E-state index in [4.69, 9.17) is 9.47 Å². The molecule has 0 amide bonds. The van der Waals surface area contributed by atoms with Crippen LogP contribution in [0, 0.1) is 0 Å². The van der Waals surface area contributed by atoms with Gasteiger partial charge in [0.25, 0.3) is 0 Å². The largest absolute Gasteiger partial charge is 0.464 e. The van der Waals surface area contributed by atoms with Crippen LogP contribution in [0.3, 0.4) is 0 Å². The molecule has 0 aromatic rings. The molecule has 4 nitrogen and oxygen atoms in total. The minimum absolute atomic E-state index is 0.233. The first-order valence-corrected chi connectivity index (χ1v) is 4.36. The van der Waals surface area contributed by atoms with Gasteiger partial charge in [0.2, 0.25) is 0 Å². The van der Waals surface area contributed by atoms with E-state index in [1.54, 1.807) is 13.0 Å². The van der Waals surface area contributed by atoms with E-state index in [-0.39, 0.29) is 5.97 Å². The predicted octanol–water partition coefficient (Wildman–Crippen LogP) is 0.0941. The minimum Gasteiger partial charge on any atom is -0.464 e. The SMILES string of the molecule is C=CCNC1(C(=O)OCC)COC1. The quantitative estimate of drug-likeness (QED) is 0.487. The van der Waals surface area contributed by atoms with Crippen molar-refractivity contribution in [2.45, 2.75) is 12.5 Å². The van der Waals surface area contributed by atoms with Crippen LogP contribution in [0.1, 0.15) is 6.92 Å². The van der Waals surface area contributed by atoms with Gasteiger partial charge in [0.15, 0.2) is 5.54 Å². The van der Waals surface area contributed by atoms with E-state index in [0.717, 1.165) is 0 Å².